The second-order valence-electron chi connectivity index (χ2n) is 4.90. The molecule has 0 aliphatic rings. The molecule has 3 nitrogen and oxygen atoms in total. The molecule has 112 valence electrons. The van der Waals surface area contributed by atoms with E-state index in [0.29, 0.717) is 5.02 Å². The number of halogens is 1. The van der Waals surface area contributed by atoms with Crippen molar-refractivity contribution in [2.24, 2.45) is 0 Å². The van der Waals surface area contributed by atoms with Crippen LogP contribution in [0, 0.1) is 0 Å². The second kappa shape index (κ2) is 8.01. The third-order valence-electron chi connectivity index (χ3n) is 3.50. The number of hydrogen-bond acceptors (Lipinski definition) is 3. The molecule has 0 radical (unpaired) electrons. The minimum atomic E-state index is 0.286. The molecule has 1 heterocycles. The molecule has 0 amide bonds. The van der Waals surface area contributed by atoms with Crippen LogP contribution in [0.2, 0.25) is 5.02 Å². The zero-order chi connectivity index (χ0) is 15.1. The fourth-order valence-electron chi connectivity index (χ4n) is 2.39. The number of methoxy groups -OCH3 is 1. The van der Waals surface area contributed by atoms with E-state index in [1.54, 1.807) is 7.11 Å². The van der Waals surface area contributed by atoms with Gasteiger partial charge < -0.3 is 10.1 Å². The van der Waals surface area contributed by atoms with Gasteiger partial charge in [0.15, 0.2) is 0 Å². The number of aryl methyl sites for hydroxylation is 1. The van der Waals surface area contributed by atoms with Gasteiger partial charge in [-0.1, -0.05) is 24.6 Å². The van der Waals surface area contributed by atoms with E-state index in [9.17, 15) is 0 Å². The standard InChI is InChI=1S/C17H21ClN2O/c1-3-20-16(7-4-13-8-10-19-11-9-13)14-5-6-15(18)17(12-14)21-2/h5-6,8-12,16,20H,3-4,7H2,1-2H3. The van der Waals surface area contributed by atoms with Crippen molar-refractivity contribution in [3.63, 3.8) is 0 Å². The third-order valence-corrected chi connectivity index (χ3v) is 3.81. The highest BCUT2D eigenvalue weighted by atomic mass is 35.5. The van der Waals surface area contributed by atoms with Crippen LogP contribution in [0.25, 0.3) is 0 Å². The van der Waals surface area contributed by atoms with Gasteiger partial charge in [-0.3, -0.25) is 4.98 Å². The highest BCUT2D eigenvalue weighted by Gasteiger charge is 2.12. The van der Waals surface area contributed by atoms with Crippen molar-refractivity contribution in [2.75, 3.05) is 13.7 Å². The summed E-state index contributed by atoms with van der Waals surface area (Å²) in [5.74, 6) is 0.723. The lowest BCUT2D eigenvalue weighted by atomic mass is 9.99. The average Bonchev–Trinajstić information content (AvgIpc) is 2.53. The first-order valence-electron chi connectivity index (χ1n) is 7.20. The summed E-state index contributed by atoms with van der Waals surface area (Å²) in [4.78, 5) is 4.05. The lowest BCUT2D eigenvalue weighted by Crippen LogP contribution is -2.21. The number of hydrogen-bond donors (Lipinski definition) is 1. The Balaban J connectivity index is 2.11. The summed E-state index contributed by atoms with van der Waals surface area (Å²) in [7, 11) is 1.64. The number of benzene rings is 1. The van der Waals surface area contributed by atoms with Crippen LogP contribution in [0.15, 0.2) is 42.7 Å². The Hall–Kier alpha value is -1.58. The number of pyridine rings is 1. The molecule has 2 aromatic rings. The van der Waals surface area contributed by atoms with Gasteiger partial charge in [0.1, 0.15) is 5.75 Å². The highest BCUT2D eigenvalue weighted by molar-refractivity contribution is 6.32. The minimum absolute atomic E-state index is 0.286. The van der Waals surface area contributed by atoms with E-state index in [4.69, 9.17) is 16.3 Å². The lowest BCUT2D eigenvalue weighted by Gasteiger charge is -2.19. The second-order valence-corrected chi connectivity index (χ2v) is 5.31. The number of nitrogens with one attached hydrogen (secondary N) is 1. The quantitative estimate of drug-likeness (QED) is 0.838. The molecule has 1 aromatic heterocycles. The molecule has 0 aliphatic carbocycles. The molecule has 0 fully saturated rings. The molecule has 1 N–H and O–H groups in total. The first kappa shape index (κ1) is 15.8. The summed E-state index contributed by atoms with van der Waals surface area (Å²) in [6, 6.07) is 10.4. The van der Waals surface area contributed by atoms with Crippen molar-refractivity contribution in [3.8, 4) is 5.75 Å². The Bertz CT molecular complexity index is 560. The van der Waals surface area contributed by atoms with E-state index in [1.807, 2.05) is 24.5 Å². The largest absolute Gasteiger partial charge is 0.495 e. The molecule has 21 heavy (non-hydrogen) atoms. The van der Waals surface area contributed by atoms with E-state index in [-0.39, 0.29) is 6.04 Å². The zero-order valence-electron chi connectivity index (χ0n) is 12.5. The van der Waals surface area contributed by atoms with Gasteiger partial charge in [0.2, 0.25) is 0 Å². The maximum atomic E-state index is 6.10. The van der Waals surface area contributed by atoms with Gasteiger partial charge in [-0.2, -0.15) is 0 Å². The van der Waals surface area contributed by atoms with E-state index >= 15 is 0 Å². The van der Waals surface area contributed by atoms with Crippen LogP contribution < -0.4 is 10.1 Å². The maximum Gasteiger partial charge on any atom is 0.137 e. The molecular formula is C17H21ClN2O. The van der Waals surface area contributed by atoms with Gasteiger partial charge in [-0.05, 0) is 54.8 Å². The summed E-state index contributed by atoms with van der Waals surface area (Å²) in [5, 5.41) is 4.17. The number of nitrogens with zero attached hydrogens (tertiary/aromatic N) is 1. The van der Waals surface area contributed by atoms with E-state index in [0.717, 1.165) is 25.1 Å². The van der Waals surface area contributed by atoms with Crippen LogP contribution in [-0.4, -0.2) is 18.6 Å². The van der Waals surface area contributed by atoms with Gasteiger partial charge in [-0.25, -0.2) is 0 Å². The van der Waals surface area contributed by atoms with Crippen LogP contribution in [-0.2, 0) is 6.42 Å². The van der Waals surface area contributed by atoms with Crippen molar-refractivity contribution < 1.29 is 4.74 Å². The molecule has 2 rings (SSSR count). The normalized spacial score (nSPS) is 12.1. The SMILES string of the molecule is CCNC(CCc1ccncc1)c1ccc(Cl)c(OC)c1. The molecule has 0 aliphatic heterocycles. The molecule has 1 aromatic carbocycles. The highest BCUT2D eigenvalue weighted by Crippen LogP contribution is 2.29. The Kier molecular flexibility index (Phi) is 6.03. The Labute approximate surface area is 131 Å². The van der Waals surface area contributed by atoms with E-state index < -0.39 is 0 Å². The van der Waals surface area contributed by atoms with Gasteiger partial charge in [0.25, 0.3) is 0 Å². The predicted octanol–water partition coefficient (Wildman–Crippen LogP) is 4.03. The minimum Gasteiger partial charge on any atom is -0.495 e. The smallest absolute Gasteiger partial charge is 0.137 e. The molecule has 0 bridgehead atoms. The Morgan fingerprint density at radius 1 is 1.24 bits per heavy atom. The van der Waals surface area contributed by atoms with E-state index in [2.05, 4.69) is 35.4 Å². The van der Waals surface area contributed by atoms with Crippen molar-refractivity contribution >= 4 is 11.6 Å². The van der Waals surface area contributed by atoms with Crippen LogP contribution in [0.1, 0.15) is 30.5 Å². The molecule has 4 heteroatoms. The molecule has 1 unspecified atom stereocenters. The number of rotatable bonds is 7. The van der Waals surface area contributed by atoms with Crippen LogP contribution >= 0.6 is 11.6 Å². The fourth-order valence-corrected chi connectivity index (χ4v) is 2.58. The molecule has 0 saturated carbocycles. The van der Waals surface area contributed by atoms with Gasteiger partial charge in [0.05, 0.1) is 12.1 Å². The predicted molar refractivity (Wildman–Crippen MR) is 87.0 cm³/mol. The van der Waals surface area contributed by atoms with Gasteiger partial charge >= 0.3 is 0 Å². The average molecular weight is 305 g/mol. The first-order valence-corrected chi connectivity index (χ1v) is 7.58. The Morgan fingerprint density at radius 2 is 2.00 bits per heavy atom. The number of aromatic nitrogens is 1. The van der Waals surface area contributed by atoms with Gasteiger partial charge in [-0.15, -0.1) is 0 Å². The van der Waals surface area contributed by atoms with Crippen LogP contribution in [0.4, 0.5) is 0 Å². The van der Waals surface area contributed by atoms with Crippen molar-refractivity contribution in [3.05, 3.63) is 58.9 Å². The van der Waals surface area contributed by atoms with Crippen molar-refractivity contribution in [2.45, 2.75) is 25.8 Å². The summed E-state index contributed by atoms with van der Waals surface area (Å²) >= 11 is 6.10. The Morgan fingerprint density at radius 3 is 2.67 bits per heavy atom. The van der Waals surface area contributed by atoms with Crippen molar-refractivity contribution in [1.82, 2.24) is 10.3 Å². The monoisotopic (exact) mass is 304 g/mol. The molecule has 1 atom stereocenters. The maximum absolute atomic E-state index is 6.10. The van der Waals surface area contributed by atoms with Crippen LogP contribution in [0.5, 0.6) is 5.75 Å². The molecule has 0 spiro atoms. The molecule has 0 saturated heterocycles. The summed E-state index contributed by atoms with van der Waals surface area (Å²) in [6.07, 6.45) is 5.69. The topological polar surface area (TPSA) is 34.2 Å². The number of ether oxygens (including phenoxy) is 1. The van der Waals surface area contributed by atoms with Crippen LogP contribution in [0.3, 0.4) is 0 Å². The summed E-state index contributed by atoms with van der Waals surface area (Å²) in [6.45, 7) is 3.04. The van der Waals surface area contributed by atoms with E-state index in [1.165, 1.54) is 11.1 Å². The lowest BCUT2D eigenvalue weighted by molar-refractivity contribution is 0.412. The summed E-state index contributed by atoms with van der Waals surface area (Å²) in [5.41, 5.74) is 2.50. The third kappa shape index (κ3) is 4.45. The first-order chi connectivity index (χ1) is 10.2. The van der Waals surface area contributed by atoms with Gasteiger partial charge in [0, 0.05) is 18.4 Å². The zero-order valence-corrected chi connectivity index (χ0v) is 13.2. The molecular weight excluding hydrogens is 284 g/mol. The van der Waals surface area contributed by atoms with Crippen molar-refractivity contribution in [1.29, 1.82) is 0 Å². The fraction of sp³-hybridized carbons (Fsp3) is 0.353. The summed E-state index contributed by atoms with van der Waals surface area (Å²) < 4.78 is 5.31.